The Kier molecular flexibility index (Phi) is 4.14. The predicted octanol–water partition coefficient (Wildman–Crippen LogP) is 2.94. The van der Waals surface area contributed by atoms with Crippen molar-refractivity contribution >= 4 is 28.0 Å². The van der Waals surface area contributed by atoms with E-state index in [2.05, 4.69) is 4.98 Å². The Balaban J connectivity index is 1.68. The summed E-state index contributed by atoms with van der Waals surface area (Å²) in [6.45, 7) is 6.41. The van der Waals surface area contributed by atoms with Gasteiger partial charge in [0.1, 0.15) is 21.9 Å². The fraction of sp³-hybridized carbons (Fsp3) is 0.500. The van der Waals surface area contributed by atoms with Crippen molar-refractivity contribution in [3.8, 4) is 0 Å². The number of likely N-dealkylation sites (tertiary alicyclic amines) is 1. The molecule has 0 N–H and O–H groups in total. The van der Waals surface area contributed by atoms with E-state index in [1.807, 2.05) is 39.0 Å². The Hall–Kier alpha value is -1.89. The molecular formula is C16H20N2O4S. The number of benzene rings is 1. The Labute approximate surface area is 137 Å². The van der Waals surface area contributed by atoms with Gasteiger partial charge in [-0.05, 0) is 39.3 Å². The van der Waals surface area contributed by atoms with E-state index in [9.17, 15) is 9.00 Å². The predicted molar refractivity (Wildman–Crippen MR) is 86.6 cm³/mol. The summed E-state index contributed by atoms with van der Waals surface area (Å²) in [5, 5.41) is 0.0396. The van der Waals surface area contributed by atoms with Gasteiger partial charge in [-0.1, -0.05) is 12.1 Å². The number of amides is 1. The molecule has 0 unspecified atom stereocenters. The molecule has 6 nitrogen and oxygen atoms in total. The smallest absolute Gasteiger partial charge is 0.410 e. The summed E-state index contributed by atoms with van der Waals surface area (Å²) in [5.74, 6) is 0. The highest BCUT2D eigenvalue weighted by Crippen LogP contribution is 2.24. The number of oxazole rings is 1. The highest BCUT2D eigenvalue weighted by Gasteiger charge is 2.34. The topological polar surface area (TPSA) is 72.6 Å². The van der Waals surface area contributed by atoms with Crippen LogP contribution in [-0.2, 0) is 15.5 Å². The summed E-state index contributed by atoms with van der Waals surface area (Å²) >= 11 is 0. The van der Waals surface area contributed by atoms with E-state index in [-0.39, 0.29) is 16.6 Å². The van der Waals surface area contributed by atoms with Gasteiger partial charge in [0.2, 0.25) is 0 Å². The average molecular weight is 336 g/mol. The van der Waals surface area contributed by atoms with Gasteiger partial charge in [-0.2, -0.15) is 0 Å². The van der Waals surface area contributed by atoms with E-state index < -0.39 is 16.4 Å². The quantitative estimate of drug-likeness (QED) is 0.843. The number of carbonyl (C=O) groups excluding carboxylic acids is 1. The first-order valence-electron chi connectivity index (χ1n) is 7.57. The zero-order valence-electron chi connectivity index (χ0n) is 13.4. The molecular weight excluding hydrogens is 316 g/mol. The molecule has 7 heteroatoms. The first-order valence-corrected chi connectivity index (χ1v) is 8.79. The zero-order valence-corrected chi connectivity index (χ0v) is 14.3. The minimum Gasteiger partial charge on any atom is -0.444 e. The van der Waals surface area contributed by atoms with E-state index in [0.29, 0.717) is 30.6 Å². The summed E-state index contributed by atoms with van der Waals surface area (Å²) < 4.78 is 23.6. The van der Waals surface area contributed by atoms with Crippen LogP contribution < -0.4 is 0 Å². The molecule has 1 fully saturated rings. The van der Waals surface area contributed by atoms with Crippen molar-refractivity contribution in [3.63, 3.8) is 0 Å². The Morgan fingerprint density at radius 1 is 1.39 bits per heavy atom. The van der Waals surface area contributed by atoms with E-state index in [1.54, 1.807) is 11.0 Å². The molecule has 2 atom stereocenters. The highest BCUT2D eigenvalue weighted by molar-refractivity contribution is 7.85. The van der Waals surface area contributed by atoms with Crippen molar-refractivity contribution in [1.82, 2.24) is 9.88 Å². The van der Waals surface area contributed by atoms with Crippen LogP contribution in [-0.4, -0.2) is 44.1 Å². The number of ether oxygens (including phenoxy) is 1. The van der Waals surface area contributed by atoms with Gasteiger partial charge in [-0.3, -0.25) is 0 Å². The standard InChI is InChI=1S/C16H20N2O4S/c1-16(2,3)22-15(19)18-9-8-11(10-18)23(20)14-17-12-6-4-5-7-13(12)21-14/h4-7,11H,8-10H2,1-3H3/t11-,23-/m0/s1. The molecule has 0 bridgehead atoms. The SMILES string of the molecule is CC(C)(C)OC(=O)N1CC[C@H]([S@](=O)c2nc3ccccc3o2)C1. The lowest BCUT2D eigenvalue weighted by molar-refractivity contribution is 0.0295. The molecule has 23 heavy (non-hydrogen) atoms. The number of carbonyl (C=O) groups is 1. The van der Waals surface area contributed by atoms with Crippen molar-refractivity contribution in [2.75, 3.05) is 13.1 Å². The van der Waals surface area contributed by atoms with Gasteiger partial charge in [0.15, 0.2) is 5.58 Å². The monoisotopic (exact) mass is 336 g/mol. The molecule has 0 aliphatic carbocycles. The molecule has 2 heterocycles. The number of hydrogen-bond acceptors (Lipinski definition) is 5. The molecule has 1 amide bonds. The van der Waals surface area contributed by atoms with Crippen LogP contribution >= 0.6 is 0 Å². The van der Waals surface area contributed by atoms with Crippen LogP contribution in [0.3, 0.4) is 0 Å². The maximum atomic E-state index is 12.6. The third kappa shape index (κ3) is 3.55. The second-order valence-electron chi connectivity index (χ2n) is 6.58. The second-order valence-corrected chi connectivity index (χ2v) is 8.19. The molecule has 1 aromatic heterocycles. The van der Waals surface area contributed by atoms with Gasteiger partial charge < -0.3 is 14.1 Å². The Morgan fingerprint density at radius 3 is 2.83 bits per heavy atom. The average Bonchev–Trinajstić information content (AvgIpc) is 3.11. The molecule has 3 rings (SSSR count). The van der Waals surface area contributed by atoms with Crippen LogP contribution in [0.1, 0.15) is 27.2 Å². The summed E-state index contributed by atoms with van der Waals surface area (Å²) in [4.78, 5) is 18.0. The summed E-state index contributed by atoms with van der Waals surface area (Å²) in [6.07, 6.45) is 0.277. The summed E-state index contributed by atoms with van der Waals surface area (Å²) in [5.41, 5.74) is 0.782. The zero-order chi connectivity index (χ0) is 16.6. The summed E-state index contributed by atoms with van der Waals surface area (Å²) in [7, 11) is -1.38. The van der Waals surface area contributed by atoms with Gasteiger partial charge in [-0.15, -0.1) is 0 Å². The van der Waals surface area contributed by atoms with Crippen LogP contribution in [0, 0.1) is 0 Å². The van der Waals surface area contributed by atoms with Crippen molar-refractivity contribution in [3.05, 3.63) is 24.3 Å². The van der Waals surface area contributed by atoms with E-state index in [0.717, 1.165) is 0 Å². The third-order valence-corrected chi connectivity index (χ3v) is 5.05. The van der Waals surface area contributed by atoms with Crippen LogP contribution in [0.2, 0.25) is 0 Å². The van der Waals surface area contributed by atoms with Crippen LogP contribution in [0.15, 0.2) is 33.9 Å². The number of rotatable bonds is 2. The largest absolute Gasteiger partial charge is 0.444 e. The van der Waals surface area contributed by atoms with Crippen molar-refractivity contribution in [2.45, 2.75) is 43.3 Å². The molecule has 0 saturated carbocycles. The highest BCUT2D eigenvalue weighted by atomic mass is 32.2. The van der Waals surface area contributed by atoms with Crippen LogP contribution in [0.25, 0.3) is 11.1 Å². The second kappa shape index (κ2) is 5.96. The number of para-hydroxylation sites is 2. The molecule has 0 radical (unpaired) electrons. The number of nitrogens with zero attached hydrogens (tertiary/aromatic N) is 2. The Bertz CT molecular complexity index is 717. The normalized spacial score (nSPS) is 20.0. The molecule has 1 aliphatic rings. The maximum Gasteiger partial charge on any atom is 0.410 e. The van der Waals surface area contributed by atoms with Gasteiger partial charge >= 0.3 is 6.09 Å². The number of fused-ring (bicyclic) bond motifs is 1. The maximum absolute atomic E-state index is 12.6. The first kappa shape index (κ1) is 16.0. The minimum absolute atomic E-state index is 0.185. The van der Waals surface area contributed by atoms with E-state index in [1.165, 1.54) is 0 Å². The van der Waals surface area contributed by atoms with Crippen LogP contribution in [0.4, 0.5) is 4.79 Å². The molecule has 1 saturated heterocycles. The first-order chi connectivity index (χ1) is 10.8. The van der Waals surface area contributed by atoms with Gasteiger partial charge in [-0.25, -0.2) is 14.0 Å². The van der Waals surface area contributed by atoms with Gasteiger partial charge in [0.25, 0.3) is 5.22 Å². The lowest BCUT2D eigenvalue weighted by atomic mass is 10.2. The Morgan fingerprint density at radius 2 is 2.13 bits per heavy atom. The third-order valence-electron chi connectivity index (χ3n) is 3.55. The minimum atomic E-state index is -1.38. The van der Waals surface area contributed by atoms with E-state index in [4.69, 9.17) is 9.15 Å². The molecule has 1 aromatic carbocycles. The van der Waals surface area contributed by atoms with Crippen molar-refractivity contribution in [2.24, 2.45) is 0 Å². The van der Waals surface area contributed by atoms with Gasteiger partial charge in [0.05, 0.1) is 5.25 Å². The molecule has 124 valence electrons. The molecule has 0 spiro atoms. The lowest BCUT2D eigenvalue weighted by Gasteiger charge is -2.24. The molecule has 1 aliphatic heterocycles. The van der Waals surface area contributed by atoms with Crippen molar-refractivity contribution < 1.29 is 18.2 Å². The fourth-order valence-corrected chi connectivity index (χ4v) is 3.76. The van der Waals surface area contributed by atoms with Crippen LogP contribution in [0.5, 0.6) is 0 Å². The number of aromatic nitrogens is 1. The lowest BCUT2D eigenvalue weighted by Crippen LogP contribution is -2.36. The van der Waals surface area contributed by atoms with E-state index >= 15 is 0 Å². The van der Waals surface area contributed by atoms with Crippen molar-refractivity contribution in [1.29, 1.82) is 0 Å². The number of hydrogen-bond donors (Lipinski definition) is 0. The molecule has 2 aromatic rings. The fourth-order valence-electron chi connectivity index (χ4n) is 2.47. The van der Waals surface area contributed by atoms with Gasteiger partial charge in [0, 0.05) is 13.1 Å². The summed E-state index contributed by atoms with van der Waals surface area (Å²) in [6, 6.07) is 7.32.